The molecule has 1 N–H and O–H groups in total. The van der Waals surface area contributed by atoms with Crippen molar-refractivity contribution in [2.24, 2.45) is 0 Å². The summed E-state index contributed by atoms with van der Waals surface area (Å²) in [6.45, 7) is 11.3. The summed E-state index contributed by atoms with van der Waals surface area (Å²) in [5, 5.41) is 13.7. The average Bonchev–Trinajstić information content (AvgIpc) is 3.32. The summed E-state index contributed by atoms with van der Waals surface area (Å²) in [4.78, 5) is 18.3. The Bertz CT molecular complexity index is 1360. The maximum atomic E-state index is 13.6. The Hall–Kier alpha value is -3.39. The molecule has 0 aliphatic rings. The van der Waals surface area contributed by atoms with Crippen LogP contribution in [0.3, 0.4) is 0 Å². The van der Waals surface area contributed by atoms with Crippen molar-refractivity contribution >= 4 is 10.9 Å². The lowest BCUT2D eigenvalue weighted by Gasteiger charge is -2.33. The minimum absolute atomic E-state index is 0.115. The van der Waals surface area contributed by atoms with E-state index in [4.69, 9.17) is 0 Å². The van der Waals surface area contributed by atoms with Gasteiger partial charge in [0.25, 0.3) is 5.56 Å². The first-order chi connectivity index (χ1) is 16.7. The number of H-pyrrole nitrogens is 1. The van der Waals surface area contributed by atoms with Crippen LogP contribution in [0, 0.1) is 12.7 Å². The van der Waals surface area contributed by atoms with E-state index in [0.717, 1.165) is 40.7 Å². The molecule has 0 fully saturated rings. The van der Waals surface area contributed by atoms with Gasteiger partial charge in [0.2, 0.25) is 0 Å². The largest absolute Gasteiger partial charge is 0.322 e. The molecule has 0 aliphatic heterocycles. The first kappa shape index (κ1) is 24.7. The standard InChI is InChI=1S/C27H33FN6O/c1-6-24(25-30-31-32-34(25)27(4,5)7-2)33(16-19-9-12-22(28)13-10-19)17-21-15-20-11-8-18(3)14-23(20)29-26(21)35/h8-15,24H,6-7,16-17H2,1-5H3,(H,29,35). The maximum absolute atomic E-state index is 13.6. The number of benzene rings is 2. The van der Waals surface area contributed by atoms with Gasteiger partial charge in [-0.05, 0) is 84.8 Å². The number of halogens is 1. The molecule has 2 aromatic heterocycles. The summed E-state index contributed by atoms with van der Waals surface area (Å²) in [5.74, 6) is 0.483. The van der Waals surface area contributed by atoms with Gasteiger partial charge in [-0.1, -0.05) is 38.1 Å². The predicted octanol–water partition coefficient (Wildman–Crippen LogP) is 5.26. The fourth-order valence-electron chi connectivity index (χ4n) is 4.38. The molecule has 4 aromatic rings. The molecular weight excluding hydrogens is 443 g/mol. The van der Waals surface area contributed by atoms with E-state index in [1.54, 1.807) is 12.1 Å². The predicted molar refractivity (Wildman–Crippen MR) is 135 cm³/mol. The minimum Gasteiger partial charge on any atom is -0.322 e. The van der Waals surface area contributed by atoms with Crippen LogP contribution in [0.5, 0.6) is 0 Å². The van der Waals surface area contributed by atoms with Crippen molar-refractivity contribution in [3.05, 3.63) is 87.2 Å². The van der Waals surface area contributed by atoms with Crippen LogP contribution in [0.1, 0.15) is 69.1 Å². The molecule has 4 rings (SSSR count). The molecule has 0 amide bonds. The van der Waals surface area contributed by atoms with Crippen molar-refractivity contribution < 1.29 is 4.39 Å². The molecule has 7 nitrogen and oxygen atoms in total. The van der Waals surface area contributed by atoms with Crippen LogP contribution < -0.4 is 5.56 Å². The summed E-state index contributed by atoms with van der Waals surface area (Å²) in [6, 6.07) is 14.3. The number of aromatic nitrogens is 5. The zero-order valence-corrected chi connectivity index (χ0v) is 21.0. The van der Waals surface area contributed by atoms with Crippen LogP contribution in [0.2, 0.25) is 0 Å². The van der Waals surface area contributed by atoms with Crippen LogP contribution >= 0.6 is 0 Å². The van der Waals surface area contributed by atoms with Crippen LogP contribution in [0.15, 0.2) is 53.3 Å². The van der Waals surface area contributed by atoms with Gasteiger partial charge in [-0.2, -0.15) is 0 Å². The van der Waals surface area contributed by atoms with Crippen LogP contribution in [-0.2, 0) is 18.6 Å². The Morgan fingerprint density at radius 2 is 1.83 bits per heavy atom. The highest BCUT2D eigenvalue weighted by atomic mass is 19.1. The van der Waals surface area contributed by atoms with Gasteiger partial charge in [0.15, 0.2) is 5.82 Å². The Labute approximate surface area is 205 Å². The van der Waals surface area contributed by atoms with Gasteiger partial charge in [0.1, 0.15) is 5.82 Å². The number of aryl methyl sites for hydroxylation is 1. The highest BCUT2D eigenvalue weighted by Crippen LogP contribution is 2.30. The fourth-order valence-corrected chi connectivity index (χ4v) is 4.38. The zero-order chi connectivity index (χ0) is 25.2. The lowest BCUT2D eigenvalue weighted by atomic mass is 10.0. The molecule has 1 atom stereocenters. The van der Waals surface area contributed by atoms with Gasteiger partial charge in [-0.15, -0.1) is 5.10 Å². The second-order valence-corrected chi connectivity index (χ2v) is 9.78. The highest BCUT2D eigenvalue weighted by Gasteiger charge is 2.31. The zero-order valence-electron chi connectivity index (χ0n) is 21.0. The van der Waals surface area contributed by atoms with Crippen molar-refractivity contribution in [2.75, 3.05) is 0 Å². The third kappa shape index (κ3) is 5.32. The van der Waals surface area contributed by atoms with Gasteiger partial charge >= 0.3 is 0 Å². The van der Waals surface area contributed by atoms with E-state index in [1.807, 2.05) is 35.9 Å². The van der Waals surface area contributed by atoms with Gasteiger partial charge in [-0.3, -0.25) is 9.69 Å². The Kier molecular flexibility index (Phi) is 7.12. The SMILES string of the molecule is CCC(c1nnnn1C(C)(C)CC)N(Cc1ccc(F)cc1)Cc1cc2ccc(C)cc2[nH]c1=O. The van der Waals surface area contributed by atoms with E-state index in [0.29, 0.717) is 18.7 Å². The third-order valence-corrected chi connectivity index (χ3v) is 6.81. The highest BCUT2D eigenvalue weighted by molar-refractivity contribution is 5.79. The number of nitrogens with zero attached hydrogens (tertiary/aromatic N) is 5. The van der Waals surface area contributed by atoms with E-state index in [2.05, 4.69) is 53.1 Å². The molecule has 0 radical (unpaired) electrons. The summed E-state index contributed by atoms with van der Waals surface area (Å²) >= 11 is 0. The van der Waals surface area contributed by atoms with E-state index in [9.17, 15) is 9.18 Å². The van der Waals surface area contributed by atoms with Crippen molar-refractivity contribution in [2.45, 2.75) is 72.1 Å². The number of nitrogens with one attached hydrogen (secondary N) is 1. The van der Waals surface area contributed by atoms with Crippen molar-refractivity contribution in [3.8, 4) is 0 Å². The summed E-state index contributed by atoms with van der Waals surface area (Å²) in [5.41, 5.74) is 3.16. The second-order valence-electron chi connectivity index (χ2n) is 9.78. The van der Waals surface area contributed by atoms with Gasteiger partial charge in [0, 0.05) is 24.2 Å². The molecule has 8 heteroatoms. The van der Waals surface area contributed by atoms with Crippen LogP contribution in [0.4, 0.5) is 4.39 Å². The van der Waals surface area contributed by atoms with E-state index < -0.39 is 0 Å². The molecular formula is C27H33FN6O. The molecule has 35 heavy (non-hydrogen) atoms. The summed E-state index contributed by atoms with van der Waals surface area (Å²) < 4.78 is 15.5. The lowest BCUT2D eigenvalue weighted by molar-refractivity contribution is 0.150. The van der Waals surface area contributed by atoms with Crippen molar-refractivity contribution in [1.82, 2.24) is 30.1 Å². The van der Waals surface area contributed by atoms with E-state index in [-0.39, 0.29) is 23.0 Å². The molecule has 184 valence electrons. The molecule has 0 bridgehead atoms. The van der Waals surface area contributed by atoms with Gasteiger partial charge < -0.3 is 4.98 Å². The monoisotopic (exact) mass is 476 g/mol. The van der Waals surface area contributed by atoms with E-state index >= 15 is 0 Å². The van der Waals surface area contributed by atoms with Crippen molar-refractivity contribution in [3.63, 3.8) is 0 Å². The number of hydrogen-bond acceptors (Lipinski definition) is 5. The van der Waals surface area contributed by atoms with Crippen molar-refractivity contribution in [1.29, 1.82) is 0 Å². The molecule has 2 aromatic carbocycles. The molecule has 0 saturated heterocycles. The summed E-state index contributed by atoms with van der Waals surface area (Å²) in [7, 11) is 0. The molecule has 1 unspecified atom stereocenters. The van der Waals surface area contributed by atoms with Crippen LogP contribution in [-0.4, -0.2) is 30.1 Å². The number of tetrazole rings is 1. The van der Waals surface area contributed by atoms with Gasteiger partial charge in [-0.25, -0.2) is 9.07 Å². The molecule has 0 spiro atoms. The third-order valence-electron chi connectivity index (χ3n) is 6.81. The molecule has 0 saturated carbocycles. The fraction of sp³-hybridized carbons (Fsp3) is 0.407. The number of hydrogen-bond donors (Lipinski definition) is 1. The first-order valence-electron chi connectivity index (χ1n) is 12.1. The average molecular weight is 477 g/mol. The number of fused-ring (bicyclic) bond motifs is 1. The Morgan fingerprint density at radius 1 is 1.09 bits per heavy atom. The number of rotatable bonds is 9. The molecule has 0 aliphatic carbocycles. The maximum Gasteiger partial charge on any atom is 0.252 e. The Morgan fingerprint density at radius 3 is 2.51 bits per heavy atom. The van der Waals surface area contributed by atoms with Gasteiger partial charge in [0.05, 0.1) is 11.6 Å². The Balaban J connectivity index is 1.77. The topological polar surface area (TPSA) is 79.7 Å². The molecule has 2 heterocycles. The number of pyridine rings is 1. The van der Waals surface area contributed by atoms with E-state index in [1.165, 1.54) is 12.1 Å². The summed E-state index contributed by atoms with van der Waals surface area (Å²) in [6.07, 6.45) is 1.61. The number of aromatic amines is 1. The van der Waals surface area contributed by atoms with Crippen LogP contribution in [0.25, 0.3) is 10.9 Å². The second kappa shape index (κ2) is 10.1. The smallest absolute Gasteiger partial charge is 0.252 e. The lowest BCUT2D eigenvalue weighted by Crippen LogP contribution is -2.36. The quantitative estimate of drug-likeness (QED) is 0.356. The first-order valence-corrected chi connectivity index (χ1v) is 12.1. The normalized spacial score (nSPS) is 13.0. The minimum atomic E-state index is -0.276.